The van der Waals surface area contributed by atoms with Gasteiger partial charge in [-0.25, -0.2) is 14.4 Å². The summed E-state index contributed by atoms with van der Waals surface area (Å²) in [6.07, 6.45) is 27.0. The molecule has 0 bridgehead atoms. The molecule has 0 aromatic rings. The molecule has 41 heavy (non-hydrogen) atoms. The number of allylic oxidation sites excluding steroid dienone is 2. The zero-order valence-corrected chi connectivity index (χ0v) is 27.0. The van der Waals surface area contributed by atoms with E-state index < -0.39 is 40.5 Å². The summed E-state index contributed by atoms with van der Waals surface area (Å²) in [6.45, 7) is 7.63. The molecular formula is C34H64NO6+. The van der Waals surface area contributed by atoms with Crippen molar-refractivity contribution in [2.75, 3.05) is 6.54 Å². The monoisotopic (exact) mass is 582 g/mol. The van der Waals surface area contributed by atoms with Crippen LogP contribution in [-0.2, 0) is 14.4 Å². The molecule has 0 heterocycles. The minimum atomic E-state index is -1.12. The Labute approximate surface area is 251 Å². The van der Waals surface area contributed by atoms with Gasteiger partial charge in [0, 0.05) is 19.3 Å². The molecule has 0 saturated heterocycles. The normalized spacial score (nSPS) is 15.4. The lowest BCUT2D eigenvalue weighted by Crippen LogP contribution is -2.72. The number of unbranched alkanes of at least 4 members (excludes halogenated alkanes) is 16. The number of aliphatic carboxylic acids is 3. The van der Waals surface area contributed by atoms with E-state index in [0.717, 1.165) is 32.1 Å². The summed E-state index contributed by atoms with van der Waals surface area (Å²) in [5.41, 5.74) is 0. The average Bonchev–Trinajstić information content (AvgIpc) is 2.92. The molecule has 3 unspecified atom stereocenters. The molecule has 0 spiro atoms. The fraction of sp³-hybridized carbons (Fsp3) is 0.853. The van der Waals surface area contributed by atoms with Crippen LogP contribution in [0.15, 0.2) is 12.2 Å². The van der Waals surface area contributed by atoms with Gasteiger partial charge in [-0.2, -0.15) is 0 Å². The lowest BCUT2D eigenvalue weighted by atomic mass is 9.94. The van der Waals surface area contributed by atoms with Gasteiger partial charge in [0.2, 0.25) is 0 Å². The number of quaternary nitrogens is 1. The number of hydrogen-bond donors (Lipinski definition) is 3. The van der Waals surface area contributed by atoms with Crippen molar-refractivity contribution >= 4 is 17.9 Å². The Morgan fingerprint density at radius 2 is 0.780 bits per heavy atom. The van der Waals surface area contributed by atoms with E-state index in [4.69, 9.17) is 0 Å². The van der Waals surface area contributed by atoms with E-state index in [1.165, 1.54) is 77.0 Å². The van der Waals surface area contributed by atoms with Crippen molar-refractivity contribution in [1.82, 2.24) is 0 Å². The largest absolute Gasteiger partial charge is 0.477 e. The highest BCUT2D eigenvalue weighted by Crippen LogP contribution is 2.32. The highest BCUT2D eigenvalue weighted by Gasteiger charge is 2.55. The molecule has 0 saturated carbocycles. The molecule has 3 atom stereocenters. The second kappa shape index (κ2) is 24.7. The Hall–Kier alpha value is -1.89. The first-order chi connectivity index (χ1) is 19.7. The SMILES string of the molecule is CCCCCCCCCCCCCC/C=C/CCCCCC[N+](C(CC)C(=O)O)(C(CC)C(=O)O)C(CC)C(=O)O. The van der Waals surface area contributed by atoms with Gasteiger partial charge in [0.15, 0.2) is 18.1 Å². The average molecular weight is 583 g/mol. The van der Waals surface area contributed by atoms with Gasteiger partial charge in [-0.3, -0.25) is 4.48 Å². The third kappa shape index (κ3) is 15.2. The van der Waals surface area contributed by atoms with Crippen molar-refractivity contribution in [2.24, 2.45) is 0 Å². The predicted molar refractivity (Wildman–Crippen MR) is 168 cm³/mol. The summed E-state index contributed by atoms with van der Waals surface area (Å²) in [4.78, 5) is 36.8. The van der Waals surface area contributed by atoms with Crippen molar-refractivity contribution in [3.63, 3.8) is 0 Å². The summed E-state index contributed by atoms with van der Waals surface area (Å²) in [7, 11) is 0. The molecule has 0 aliphatic rings. The van der Waals surface area contributed by atoms with Crippen molar-refractivity contribution < 1.29 is 34.2 Å². The molecule has 0 aliphatic carbocycles. The van der Waals surface area contributed by atoms with Crippen LogP contribution in [0, 0.1) is 0 Å². The molecule has 3 N–H and O–H groups in total. The maximum Gasteiger partial charge on any atom is 0.362 e. The topological polar surface area (TPSA) is 112 Å². The lowest BCUT2D eigenvalue weighted by molar-refractivity contribution is -0.973. The number of carbonyl (C=O) groups is 3. The number of carboxylic acid groups (broad SMARTS) is 3. The molecule has 240 valence electrons. The Kier molecular flexibility index (Phi) is 23.5. The smallest absolute Gasteiger partial charge is 0.362 e. The highest BCUT2D eigenvalue weighted by molar-refractivity contribution is 5.78. The molecule has 0 aliphatic heterocycles. The van der Waals surface area contributed by atoms with Gasteiger partial charge in [0.05, 0.1) is 6.54 Å². The minimum Gasteiger partial charge on any atom is -0.477 e. The number of rotatable bonds is 29. The summed E-state index contributed by atoms with van der Waals surface area (Å²) < 4.78 is -0.414. The number of carboxylic acids is 3. The Bertz CT molecular complexity index is 667. The van der Waals surface area contributed by atoms with Gasteiger partial charge in [0.25, 0.3) is 0 Å². The van der Waals surface area contributed by atoms with Gasteiger partial charge >= 0.3 is 17.9 Å². The van der Waals surface area contributed by atoms with Gasteiger partial charge in [0.1, 0.15) is 0 Å². The van der Waals surface area contributed by atoms with Crippen molar-refractivity contribution in [2.45, 2.75) is 181 Å². The molecule has 0 fully saturated rings. The predicted octanol–water partition coefficient (Wildman–Crippen LogP) is 8.99. The first-order valence-corrected chi connectivity index (χ1v) is 16.9. The third-order valence-electron chi connectivity index (χ3n) is 8.81. The maximum atomic E-state index is 12.3. The summed E-state index contributed by atoms with van der Waals surface area (Å²) in [5, 5.41) is 30.1. The zero-order valence-electron chi connectivity index (χ0n) is 27.0. The third-order valence-corrected chi connectivity index (χ3v) is 8.81. The van der Waals surface area contributed by atoms with E-state index >= 15 is 0 Å². The molecule has 0 aromatic heterocycles. The van der Waals surface area contributed by atoms with Gasteiger partial charge in [-0.1, -0.05) is 117 Å². The Balaban J connectivity index is 4.48. The van der Waals surface area contributed by atoms with Crippen molar-refractivity contribution in [3.8, 4) is 0 Å². The van der Waals surface area contributed by atoms with Crippen LogP contribution in [0.5, 0.6) is 0 Å². The highest BCUT2D eigenvalue weighted by atomic mass is 16.4. The first-order valence-electron chi connectivity index (χ1n) is 16.9. The second-order valence-corrected chi connectivity index (χ2v) is 11.9. The van der Waals surface area contributed by atoms with Gasteiger partial charge < -0.3 is 15.3 Å². The number of nitrogens with zero attached hydrogens (tertiary/aromatic N) is 1. The van der Waals surface area contributed by atoms with Crippen LogP contribution >= 0.6 is 0 Å². The quantitative estimate of drug-likeness (QED) is 0.0461. The fourth-order valence-corrected chi connectivity index (χ4v) is 6.62. The first kappa shape index (κ1) is 39.1. The number of hydrogen-bond acceptors (Lipinski definition) is 3. The van der Waals surface area contributed by atoms with E-state index in [0.29, 0.717) is 6.42 Å². The van der Waals surface area contributed by atoms with Gasteiger partial charge in [-0.05, 0) is 38.5 Å². The van der Waals surface area contributed by atoms with Crippen LogP contribution < -0.4 is 0 Å². The van der Waals surface area contributed by atoms with Crippen LogP contribution in [0.25, 0.3) is 0 Å². The summed E-state index contributed by atoms with van der Waals surface area (Å²) in [6, 6.07) is -3.21. The van der Waals surface area contributed by atoms with Crippen molar-refractivity contribution in [1.29, 1.82) is 0 Å². The Morgan fingerprint density at radius 1 is 0.488 bits per heavy atom. The summed E-state index contributed by atoms with van der Waals surface area (Å²) >= 11 is 0. The van der Waals surface area contributed by atoms with E-state index in [1.54, 1.807) is 20.8 Å². The van der Waals surface area contributed by atoms with E-state index in [1.807, 2.05) is 0 Å². The maximum absolute atomic E-state index is 12.3. The van der Waals surface area contributed by atoms with Crippen LogP contribution in [0.3, 0.4) is 0 Å². The second-order valence-electron chi connectivity index (χ2n) is 11.9. The molecule has 0 radical (unpaired) electrons. The fourth-order valence-electron chi connectivity index (χ4n) is 6.62. The minimum absolute atomic E-state index is 0.187. The molecule has 0 amide bonds. The standard InChI is InChI=1S/C34H63NO6/c1-5-9-10-11-12-13-14-15-16-17-18-19-20-21-22-23-24-25-26-27-28-35(29(6-2)32(36)37,30(7-3)33(38)39)31(8-4)34(40)41/h21-22,29-31H,5-20,23-28H2,1-4H3,(H2-,36,37,38,39,40,41)/p+1/b22-21+. The summed E-state index contributed by atoms with van der Waals surface area (Å²) in [5.74, 6) is -3.36. The van der Waals surface area contributed by atoms with Crippen LogP contribution in [0.1, 0.15) is 163 Å². The van der Waals surface area contributed by atoms with Crippen molar-refractivity contribution in [3.05, 3.63) is 12.2 Å². The lowest BCUT2D eigenvalue weighted by Gasteiger charge is -2.49. The van der Waals surface area contributed by atoms with Gasteiger partial charge in [-0.15, -0.1) is 0 Å². The van der Waals surface area contributed by atoms with Crippen LogP contribution in [0.4, 0.5) is 0 Å². The molecule has 0 rings (SSSR count). The Morgan fingerprint density at radius 3 is 1.07 bits per heavy atom. The van der Waals surface area contributed by atoms with E-state index in [2.05, 4.69) is 19.1 Å². The molecule has 7 heteroatoms. The van der Waals surface area contributed by atoms with E-state index in [-0.39, 0.29) is 25.8 Å². The van der Waals surface area contributed by atoms with Crippen LogP contribution in [-0.4, -0.2) is 62.4 Å². The van der Waals surface area contributed by atoms with E-state index in [9.17, 15) is 29.7 Å². The zero-order chi connectivity index (χ0) is 30.9. The van der Waals surface area contributed by atoms with Crippen LogP contribution in [0.2, 0.25) is 0 Å². The molecule has 7 nitrogen and oxygen atoms in total. The molecule has 0 aromatic carbocycles. The molecular weight excluding hydrogens is 518 g/mol.